The summed E-state index contributed by atoms with van der Waals surface area (Å²) in [4.78, 5) is 12.5. The van der Waals surface area contributed by atoms with Crippen LogP contribution >= 0.6 is 0 Å². The van der Waals surface area contributed by atoms with Crippen LogP contribution in [0.5, 0.6) is 5.75 Å². The van der Waals surface area contributed by atoms with Crippen LogP contribution in [-0.4, -0.2) is 42.9 Å². The molecule has 0 radical (unpaired) electrons. The second kappa shape index (κ2) is 15.2. The summed E-state index contributed by atoms with van der Waals surface area (Å²) in [6.45, 7) is 8.73. The standard InChI is InChI=1S/C39H41FN2O6S/c1-5-20-47-36-18-15-30(24-34(36)40)29-7-6-8-31(23-29)37-25-35(42-48-37)33(27-13-16-32(17-14-27)39(2,3)4)22-26-9-11-28(12-10-26)38(43)41-19-21-49(44,45)46/h6-18,23-25,33H,5,19-22H2,1-4H3,(H,41,43)(H,44,45,46). The number of hydrogen-bond acceptors (Lipinski definition) is 6. The van der Waals surface area contributed by atoms with Gasteiger partial charge in [0.2, 0.25) is 0 Å². The Morgan fingerprint density at radius 3 is 2.29 bits per heavy atom. The van der Waals surface area contributed by atoms with E-state index < -0.39 is 27.6 Å². The summed E-state index contributed by atoms with van der Waals surface area (Å²) in [7, 11) is -4.17. The zero-order valence-corrected chi connectivity index (χ0v) is 28.9. The topological polar surface area (TPSA) is 119 Å². The summed E-state index contributed by atoms with van der Waals surface area (Å²) in [5.74, 6) is -0.767. The van der Waals surface area contributed by atoms with E-state index in [-0.39, 0.29) is 23.6 Å². The average Bonchev–Trinajstić information content (AvgIpc) is 3.56. The molecule has 0 bridgehead atoms. The predicted octanol–water partition coefficient (Wildman–Crippen LogP) is 8.23. The number of carbonyl (C=O) groups excluding carboxylic acids is 1. The molecule has 0 aliphatic carbocycles. The number of nitrogens with zero attached hydrogens (tertiary/aromatic N) is 1. The SMILES string of the molecule is CCCOc1ccc(-c2cccc(-c3cc(C(Cc4ccc(C(=O)NCCS(=O)(=O)O)cc4)c4ccc(C(C)(C)C)cc4)no3)c2)cc1F. The number of amides is 1. The van der Waals surface area contributed by atoms with Gasteiger partial charge in [-0.25, -0.2) is 4.39 Å². The second-order valence-corrected chi connectivity index (χ2v) is 14.6. The summed E-state index contributed by atoms with van der Waals surface area (Å²) in [5, 5.41) is 7.01. The third kappa shape index (κ3) is 9.43. The highest BCUT2D eigenvalue weighted by molar-refractivity contribution is 7.85. The molecule has 0 spiro atoms. The molecular formula is C39H41FN2O6S. The summed E-state index contributed by atoms with van der Waals surface area (Å²) >= 11 is 0. The molecule has 10 heteroatoms. The van der Waals surface area contributed by atoms with Crippen LogP contribution in [0.25, 0.3) is 22.5 Å². The van der Waals surface area contributed by atoms with Crippen LogP contribution in [0.3, 0.4) is 0 Å². The van der Waals surface area contributed by atoms with Gasteiger partial charge in [0.15, 0.2) is 17.3 Å². The maximum atomic E-state index is 14.8. The fourth-order valence-corrected chi connectivity index (χ4v) is 5.84. The second-order valence-electron chi connectivity index (χ2n) is 13.1. The first kappa shape index (κ1) is 35.5. The quantitative estimate of drug-likeness (QED) is 0.120. The molecule has 8 nitrogen and oxygen atoms in total. The molecule has 1 unspecified atom stereocenters. The number of benzene rings is 4. The molecule has 1 heterocycles. The molecule has 0 saturated carbocycles. The van der Waals surface area contributed by atoms with Gasteiger partial charge in [0.05, 0.1) is 18.1 Å². The third-order valence-corrected chi connectivity index (χ3v) is 8.96. The van der Waals surface area contributed by atoms with Crippen molar-refractivity contribution in [1.29, 1.82) is 0 Å². The zero-order chi connectivity index (χ0) is 35.2. The summed E-state index contributed by atoms with van der Waals surface area (Å²) in [5.41, 5.74) is 6.66. The summed E-state index contributed by atoms with van der Waals surface area (Å²) in [6.07, 6.45) is 1.36. The highest BCUT2D eigenvalue weighted by atomic mass is 32.2. The zero-order valence-electron chi connectivity index (χ0n) is 28.1. The van der Waals surface area contributed by atoms with Gasteiger partial charge in [-0.1, -0.05) is 93.5 Å². The van der Waals surface area contributed by atoms with E-state index in [1.54, 1.807) is 18.2 Å². The lowest BCUT2D eigenvalue weighted by Crippen LogP contribution is -2.28. The lowest BCUT2D eigenvalue weighted by atomic mass is 9.83. The van der Waals surface area contributed by atoms with Gasteiger partial charge in [-0.15, -0.1) is 0 Å². The molecule has 4 aromatic carbocycles. The van der Waals surface area contributed by atoms with E-state index in [1.807, 2.05) is 55.5 Å². The Morgan fingerprint density at radius 1 is 0.939 bits per heavy atom. The van der Waals surface area contributed by atoms with Crippen LogP contribution in [0.1, 0.15) is 72.8 Å². The Kier molecular flexibility index (Phi) is 11.0. The number of rotatable bonds is 13. The third-order valence-electron chi connectivity index (χ3n) is 8.24. The number of aromatic nitrogens is 1. The van der Waals surface area contributed by atoms with Crippen molar-refractivity contribution >= 4 is 16.0 Å². The molecule has 0 saturated heterocycles. The molecule has 0 fully saturated rings. The average molecular weight is 685 g/mol. The van der Waals surface area contributed by atoms with Crippen molar-refractivity contribution in [1.82, 2.24) is 10.5 Å². The van der Waals surface area contributed by atoms with E-state index >= 15 is 0 Å². The van der Waals surface area contributed by atoms with Gasteiger partial charge >= 0.3 is 0 Å². The molecule has 2 N–H and O–H groups in total. The largest absolute Gasteiger partial charge is 0.491 e. The molecule has 5 aromatic rings. The normalized spacial score (nSPS) is 12.4. The van der Waals surface area contributed by atoms with Crippen LogP contribution in [0.4, 0.5) is 4.39 Å². The monoisotopic (exact) mass is 684 g/mol. The van der Waals surface area contributed by atoms with Gasteiger partial charge in [0.25, 0.3) is 16.0 Å². The van der Waals surface area contributed by atoms with E-state index in [2.05, 4.69) is 55.5 Å². The fraction of sp³-hybridized carbons (Fsp3) is 0.282. The molecular weight excluding hydrogens is 644 g/mol. The highest BCUT2D eigenvalue weighted by Crippen LogP contribution is 2.34. The Balaban J connectivity index is 1.40. The van der Waals surface area contributed by atoms with Crippen LogP contribution in [0, 0.1) is 5.82 Å². The Morgan fingerprint density at radius 2 is 1.63 bits per heavy atom. The number of carbonyl (C=O) groups is 1. The maximum absolute atomic E-state index is 14.8. The van der Waals surface area contributed by atoms with Crippen LogP contribution in [0.2, 0.25) is 0 Å². The van der Waals surface area contributed by atoms with Gasteiger partial charge in [0, 0.05) is 29.7 Å². The lowest BCUT2D eigenvalue weighted by molar-refractivity contribution is 0.0956. The minimum absolute atomic E-state index is 0.0103. The molecule has 1 atom stereocenters. The smallest absolute Gasteiger partial charge is 0.266 e. The number of hydrogen-bond donors (Lipinski definition) is 2. The maximum Gasteiger partial charge on any atom is 0.266 e. The number of nitrogens with one attached hydrogen (secondary N) is 1. The van der Waals surface area contributed by atoms with Crippen LogP contribution < -0.4 is 10.1 Å². The Labute approximate surface area is 287 Å². The van der Waals surface area contributed by atoms with Gasteiger partial charge in [-0.05, 0) is 76.4 Å². The lowest BCUT2D eigenvalue weighted by Gasteiger charge is -2.21. The molecule has 1 amide bonds. The van der Waals surface area contributed by atoms with E-state index in [1.165, 1.54) is 11.6 Å². The van der Waals surface area contributed by atoms with E-state index in [4.69, 9.17) is 13.8 Å². The molecule has 0 aliphatic rings. The highest BCUT2D eigenvalue weighted by Gasteiger charge is 2.22. The van der Waals surface area contributed by atoms with E-state index in [0.717, 1.165) is 39.9 Å². The minimum Gasteiger partial charge on any atom is -0.491 e. The van der Waals surface area contributed by atoms with Crippen molar-refractivity contribution in [2.75, 3.05) is 18.9 Å². The molecule has 1 aromatic heterocycles. The van der Waals surface area contributed by atoms with Gasteiger partial charge in [-0.2, -0.15) is 8.42 Å². The van der Waals surface area contributed by atoms with Gasteiger partial charge in [-0.3, -0.25) is 9.35 Å². The van der Waals surface area contributed by atoms with Gasteiger partial charge < -0.3 is 14.6 Å². The Hall–Kier alpha value is -4.80. The molecule has 256 valence electrons. The van der Waals surface area contributed by atoms with Crippen LogP contribution in [-0.2, 0) is 22.0 Å². The van der Waals surface area contributed by atoms with Crippen molar-refractivity contribution < 1.29 is 31.4 Å². The van der Waals surface area contributed by atoms with Crippen molar-refractivity contribution in [3.05, 3.63) is 131 Å². The first-order valence-corrected chi connectivity index (χ1v) is 17.8. The first-order valence-electron chi connectivity index (χ1n) is 16.2. The number of ether oxygens (including phenoxy) is 1. The fourth-order valence-electron chi connectivity index (χ4n) is 5.48. The van der Waals surface area contributed by atoms with Crippen molar-refractivity contribution in [2.45, 2.75) is 51.9 Å². The van der Waals surface area contributed by atoms with Gasteiger partial charge in [0.1, 0.15) is 0 Å². The number of halogens is 1. The Bertz CT molecular complexity index is 2000. The van der Waals surface area contributed by atoms with E-state index in [0.29, 0.717) is 24.4 Å². The molecule has 0 aliphatic heterocycles. The van der Waals surface area contributed by atoms with Crippen molar-refractivity contribution in [2.24, 2.45) is 0 Å². The minimum atomic E-state index is -4.17. The van der Waals surface area contributed by atoms with E-state index in [9.17, 15) is 17.6 Å². The summed E-state index contributed by atoms with van der Waals surface area (Å²) in [6, 6.07) is 30.1. The van der Waals surface area contributed by atoms with Crippen LogP contribution in [0.15, 0.2) is 102 Å². The first-order chi connectivity index (χ1) is 23.3. The van der Waals surface area contributed by atoms with Crippen molar-refractivity contribution in [3.63, 3.8) is 0 Å². The van der Waals surface area contributed by atoms with Crippen molar-refractivity contribution in [3.8, 4) is 28.2 Å². The molecule has 49 heavy (non-hydrogen) atoms. The summed E-state index contributed by atoms with van der Waals surface area (Å²) < 4.78 is 57.0. The predicted molar refractivity (Wildman–Crippen MR) is 189 cm³/mol. The molecule has 5 rings (SSSR count).